The predicted octanol–water partition coefficient (Wildman–Crippen LogP) is 2.73. The van der Waals surface area contributed by atoms with E-state index in [2.05, 4.69) is 5.32 Å². The summed E-state index contributed by atoms with van der Waals surface area (Å²) in [5.74, 6) is 0.290. The Labute approximate surface area is 72.5 Å². The molecule has 0 heterocycles. The molecule has 2 nitrogen and oxygen atoms in total. The van der Waals surface area contributed by atoms with Crippen LogP contribution < -0.4 is 5.32 Å². The van der Waals surface area contributed by atoms with Gasteiger partial charge < -0.3 is 10.4 Å². The number of aromatic hydroxyl groups is 1. The zero-order valence-corrected chi connectivity index (χ0v) is 7.33. The molecule has 0 bridgehead atoms. The lowest BCUT2D eigenvalue weighted by atomic mass is 10.3. The Kier molecular flexibility index (Phi) is 2.75. The van der Waals surface area contributed by atoms with E-state index in [1.807, 2.05) is 32.2 Å². The lowest BCUT2D eigenvalue weighted by Gasteiger charge is -2.00. The third kappa shape index (κ3) is 2.66. The molecule has 0 aromatic heterocycles. The number of hydrogen-bond donors (Lipinski definition) is 2. The average molecular weight is 163 g/mol. The van der Waals surface area contributed by atoms with Crippen molar-refractivity contribution in [2.24, 2.45) is 0 Å². The van der Waals surface area contributed by atoms with E-state index in [1.165, 1.54) is 5.57 Å². The third-order valence-electron chi connectivity index (χ3n) is 1.39. The van der Waals surface area contributed by atoms with Crippen molar-refractivity contribution < 1.29 is 5.11 Å². The molecule has 0 aliphatic rings. The standard InChI is InChI=1S/C10H13NO/c1-8(2)7-11-9-3-5-10(12)6-4-9/h3-7,11-12H,1-2H3. The van der Waals surface area contributed by atoms with Gasteiger partial charge in [0.05, 0.1) is 0 Å². The second-order valence-corrected chi connectivity index (χ2v) is 2.91. The maximum absolute atomic E-state index is 8.99. The Balaban J connectivity index is 2.65. The normalized spacial score (nSPS) is 9.17. The Morgan fingerprint density at radius 3 is 2.33 bits per heavy atom. The molecule has 1 rings (SSSR count). The number of allylic oxidation sites excluding steroid dienone is 1. The van der Waals surface area contributed by atoms with Crippen molar-refractivity contribution in [3.05, 3.63) is 36.0 Å². The van der Waals surface area contributed by atoms with Crippen LogP contribution in [0.15, 0.2) is 36.0 Å². The first kappa shape index (κ1) is 8.65. The molecule has 0 amide bonds. The minimum atomic E-state index is 0.290. The summed E-state index contributed by atoms with van der Waals surface area (Å²) >= 11 is 0. The highest BCUT2D eigenvalue weighted by molar-refractivity contribution is 5.48. The first-order chi connectivity index (χ1) is 5.68. The van der Waals surface area contributed by atoms with Gasteiger partial charge in [-0.2, -0.15) is 0 Å². The van der Waals surface area contributed by atoms with Crippen LogP contribution in [0.1, 0.15) is 13.8 Å². The van der Waals surface area contributed by atoms with Gasteiger partial charge in [-0.25, -0.2) is 0 Å². The van der Waals surface area contributed by atoms with E-state index in [4.69, 9.17) is 5.11 Å². The largest absolute Gasteiger partial charge is 0.508 e. The Bertz CT molecular complexity index is 270. The monoisotopic (exact) mass is 163 g/mol. The second kappa shape index (κ2) is 3.81. The summed E-state index contributed by atoms with van der Waals surface area (Å²) in [5.41, 5.74) is 2.19. The molecule has 0 spiro atoms. The van der Waals surface area contributed by atoms with E-state index in [0.29, 0.717) is 0 Å². The van der Waals surface area contributed by atoms with Crippen LogP contribution in [0.25, 0.3) is 0 Å². The van der Waals surface area contributed by atoms with E-state index >= 15 is 0 Å². The molecule has 0 aliphatic heterocycles. The van der Waals surface area contributed by atoms with Gasteiger partial charge in [-0.3, -0.25) is 0 Å². The topological polar surface area (TPSA) is 32.3 Å². The quantitative estimate of drug-likeness (QED) is 0.657. The number of anilines is 1. The zero-order valence-electron chi connectivity index (χ0n) is 7.33. The van der Waals surface area contributed by atoms with Crippen LogP contribution in [-0.4, -0.2) is 5.11 Å². The number of benzene rings is 1. The van der Waals surface area contributed by atoms with Crippen LogP contribution in [0.5, 0.6) is 5.75 Å². The van der Waals surface area contributed by atoms with E-state index in [9.17, 15) is 0 Å². The number of rotatable bonds is 2. The minimum absolute atomic E-state index is 0.290. The number of phenols is 1. The molecule has 0 saturated carbocycles. The maximum Gasteiger partial charge on any atom is 0.115 e. The molecular weight excluding hydrogens is 150 g/mol. The Morgan fingerprint density at radius 2 is 1.83 bits per heavy atom. The molecule has 2 N–H and O–H groups in total. The summed E-state index contributed by atoms with van der Waals surface area (Å²) in [4.78, 5) is 0. The van der Waals surface area contributed by atoms with Crippen LogP contribution in [0, 0.1) is 0 Å². The highest BCUT2D eigenvalue weighted by Gasteiger charge is 1.88. The van der Waals surface area contributed by atoms with Gasteiger partial charge in [0.2, 0.25) is 0 Å². The maximum atomic E-state index is 8.99. The minimum Gasteiger partial charge on any atom is -0.508 e. The molecule has 0 unspecified atom stereocenters. The fraction of sp³-hybridized carbons (Fsp3) is 0.200. The summed E-state index contributed by atoms with van der Waals surface area (Å²) in [6.45, 7) is 4.04. The van der Waals surface area contributed by atoms with Gasteiger partial charge in [0.25, 0.3) is 0 Å². The molecule has 64 valence electrons. The fourth-order valence-corrected chi connectivity index (χ4v) is 0.785. The van der Waals surface area contributed by atoms with Crippen molar-refractivity contribution in [3.63, 3.8) is 0 Å². The smallest absolute Gasteiger partial charge is 0.115 e. The van der Waals surface area contributed by atoms with Gasteiger partial charge >= 0.3 is 0 Å². The van der Waals surface area contributed by atoms with Crippen LogP contribution in [0.4, 0.5) is 5.69 Å². The Hall–Kier alpha value is -1.44. The van der Waals surface area contributed by atoms with Crippen molar-refractivity contribution in [2.45, 2.75) is 13.8 Å². The molecular formula is C10H13NO. The first-order valence-corrected chi connectivity index (χ1v) is 3.87. The molecule has 2 heteroatoms. The summed E-state index contributed by atoms with van der Waals surface area (Å²) < 4.78 is 0. The molecule has 0 radical (unpaired) electrons. The van der Waals surface area contributed by atoms with Crippen LogP contribution >= 0.6 is 0 Å². The second-order valence-electron chi connectivity index (χ2n) is 2.91. The van der Waals surface area contributed by atoms with Gasteiger partial charge in [0, 0.05) is 5.69 Å². The van der Waals surface area contributed by atoms with E-state index in [0.717, 1.165) is 5.69 Å². The van der Waals surface area contributed by atoms with Gasteiger partial charge in [-0.15, -0.1) is 0 Å². The highest BCUT2D eigenvalue weighted by Crippen LogP contribution is 2.13. The average Bonchev–Trinajstić information content (AvgIpc) is 2.03. The van der Waals surface area contributed by atoms with Crippen molar-refractivity contribution in [3.8, 4) is 5.75 Å². The van der Waals surface area contributed by atoms with Gasteiger partial charge in [0.15, 0.2) is 0 Å². The fourth-order valence-electron chi connectivity index (χ4n) is 0.785. The molecule has 0 fully saturated rings. The van der Waals surface area contributed by atoms with Gasteiger partial charge in [-0.1, -0.05) is 5.57 Å². The van der Waals surface area contributed by atoms with E-state index in [-0.39, 0.29) is 5.75 Å². The third-order valence-corrected chi connectivity index (χ3v) is 1.39. The van der Waals surface area contributed by atoms with Crippen molar-refractivity contribution in [1.29, 1.82) is 0 Å². The summed E-state index contributed by atoms with van der Waals surface area (Å²) in [7, 11) is 0. The SMILES string of the molecule is CC(C)=CNc1ccc(O)cc1. The summed E-state index contributed by atoms with van der Waals surface area (Å²) in [6.07, 6.45) is 1.92. The molecule has 1 aromatic rings. The molecule has 1 aromatic carbocycles. The predicted molar refractivity (Wildman–Crippen MR) is 51.2 cm³/mol. The van der Waals surface area contributed by atoms with Crippen molar-refractivity contribution in [1.82, 2.24) is 0 Å². The lowest BCUT2D eigenvalue weighted by molar-refractivity contribution is 0.475. The summed E-state index contributed by atoms with van der Waals surface area (Å²) in [6, 6.07) is 6.96. The van der Waals surface area contributed by atoms with Crippen LogP contribution in [-0.2, 0) is 0 Å². The number of hydrogen-bond acceptors (Lipinski definition) is 2. The van der Waals surface area contributed by atoms with Gasteiger partial charge in [-0.05, 0) is 44.3 Å². The molecule has 0 aliphatic carbocycles. The first-order valence-electron chi connectivity index (χ1n) is 3.87. The van der Waals surface area contributed by atoms with E-state index < -0.39 is 0 Å². The van der Waals surface area contributed by atoms with Crippen LogP contribution in [0.2, 0.25) is 0 Å². The Morgan fingerprint density at radius 1 is 1.25 bits per heavy atom. The lowest BCUT2D eigenvalue weighted by Crippen LogP contribution is -1.86. The number of nitrogens with one attached hydrogen (secondary N) is 1. The van der Waals surface area contributed by atoms with Gasteiger partial charge in [0.1, 0.15) is 5.75 Å². The molecule has 0 atom stereocenters. The van der Waals surface area contributed by atoms with Crippen molar-refractivity contribution in [2.75, 3.05) is 5.32 Å². The van der Waals surface area contributed by atoms with Crippen LogP contribution in [0.3, 0.4) is 0 Å². The zero-order chi connectivity index (χ0) is 8.97. The molecule has 0 saturated heterocycles. The van der Waals surface area contributed by atoms with E-state index in [1.54, 1.807) is 12.1 Å². The summed E-state index contributed by atoms with van der Waals surface area (Å²) in [5, 5.41) is 12.1. The number of phenolic OH excluding ortho intramolecular Hbond substituents is 1. The highest BCUT2D eigenvalue weighted by atomic mass is 16.3. The molecule has 12 heavy (non-hydrogen) atoms. The van der Waals surface area contributed by atoms with Crippen molar-refractivity contribution >= 4 is 5.69 Å².